The summed E-state index contributed by atoms with van der Waals surface area (Å²) < 4.78 is 26.4. The lowest BCUT2D eigenvalue weighted by molar-refractivity contribution is 0.0607. The number of benzene rings is 1. The van der Waals surface area contributed by atoms with E-state index in [1.54, 1.807) is 24.8 Å². The van der Waals surface area contributed by atoms with Gasteiger partial charge in [0, 0.05) is 31.2 Å². The molecule has 1 N–H and O–H groups in total. The van der Waals surface area contributed by atoms with Crippen molar-refractivity contribution >= 4 is 34.2 Å². The summed E-state index contributed by atoms with van der Waals surface area (Å²) in [4.78, 5) is 27.1. The van der Waals surface area contributed by atoms with Crippen molar-refractivity contribution in [1.29, 1.82) is 0 Å². The van der Waals surface area contributed by atoms with Crippen molar-refractivity contribution in [3.8, 4) is 0 Å². The fourth-order valence-electron chi connectivity index (χ4n) is 4.48. The summed E-state index contributed by atoms with van der Waals surface area (Å²) in [7, 11) is -3.90. The number of carbonyl (C=O) groups is 2. The highest BCUT2D eigenvalue weighted by Gasteiger charge is 2.43. The van der Waals surface area contributed by atoms with Crippen molar-refractivity contribution in [1.82, 2.24) is 14.5 Å². The minimum atomic E-state index is -3.90. The van der Waals surface area contributed by atoms with Gasteiger partial charge in [-0.1, -0.05) is 0 Å². The lowest BCUT2D eigenvalue weighted by Crippen LogP contribution is -2.44. The average Bonchev–Trinajstić information content (AvgIpc) is 3.16. The molecule has 28 heavy (non-hydrogen) atoms. The van der Waals surface area contributed by atoms with Crippen LogP contribution in [0.25, 0.3) is 0 Å². The third kappa shape index (κ3) is 3.21. The van der Waals surface area contributed by atoms with Crippen LogP contribution < -0.4 is 5.32 Å². The maximum absolute atomic E-state index is 12.9. The number of sulfonamides is 1. The Morgan fingerprint density at radius 1 is 1.18 bits per heavy atom. The van der Waals surface area contributed by atoms with Gasteiger partial charge in [-0.05, 0) is 63.3 Å². The van der Waals surface area contributed by atoms with Gasteiger partial charge < -0.3 is 10.2 Å². The summed E-state index contributed by atoms with van der Waals surface area (Å²) in [5.41, 5.74) is 0.786. The Kier molecular flexibility index (Phi) is 5.51. The molecule has 9 heteroatoms. The van der Waals surface area contributed by atoms with Crippen molar-refractivity contribution in [3.63, 3.8) is 0 Å². The maximum Gasteiger partial charge on any atom is 0.269 e. The second-order valence-electron chi connectivity index (χ2n) is 8.13. The van der Waals surface area contributed by atoms with Gasteiger partial charge in [-0.15, -0.1) is 12.4 Å². The van der Waals surface area contributed by atoms with E-state index in [1.807, 2.05) is 0 Å². The Balaban J connectivity index is 0.00000225. The number of rotatable bonds is 2. The van der Waals surface area contributed by atoms with E-state index in [0.29, 0.717) is 24.1 Å². The monoisotopic (exact) mass is 427 g/mol. The standard InChI is InChI=1S/C19H25N3O4S.ClH/c1-13(2)22-18(24)15-4-3-14(11-16(15)27(22,25)26)17(23)21-9-6-19(7-10-21)5-8-20-12-19;/h3-4,11,13,20H,5-10,12H2,1-2H3;1H. The Morgan fingerprint density at radius 2 is 1.86 bits per heavy atom. The van der Waals surface area contributed by atoms with Crippen LogP contribution in [0.4, 0.5) is 0 Å². The Labute approximate surface area is 171 Å². The predicted molar refractivity (Wildman–Crippen MR) is 107 cm³/mol. The lowest BCUT2D eigenvalue weighted by atomic mass is 9.78. The van der Waals surface area contributed by atoms with E-state index in [4.69, 9.17) is 0 Å². The van der Waals surface area contributed by atoms with E-state index in [1.165, 1.54) is 12.1 Å². The van der Waals surface area contributed by atoms with Crippen LogP contribution in [0.5, 0.6) is 0 Å². The van der Waals surface area contributed by atoms with Crippen LogP contribution in [0.15, 0.2) is 23.1 Å². The molecule has 3 heterocycles. The maximum atomic E-state index is 12.9. The van der Waals surface area contributed by atoms with Crippen molar-refractivity contribution in [2.75, 3.05) is 26.2 Å². The Morgan fingerprint density at radius 3 is 2.43 bits per heavy atom. The van der Waals surface area contributed by atoms with Crippen LogP contribution in [0.3, 0.4) is 0 Å². The van der Waals surface area contributed by atoms with Crippen molar-refractivity contribution in [3.05, 3.63) is 29.3 Å². The molecule has 154 valence electrons. The molecule has 0 atom stereocenters. The molecule has 2 fully saturated rings. The first-order valence-corrected chi connectivity index (χ1v) is 10.9. The number of hydrogen-bond donors (Lipinski definition) is 1. The van der Waals surface area contributed by atoms with E-state index < -0.39 is 22.0 Å². The number of nitrogens with one attached hydrogen (secondary N) is 1. The zero-order chi connectivity index (χ0) is 19.4. The third-order valence-electron chi connectivity index (χ3n) is 6.11. The summed E-state index contributed by atoms with van der Waals surface area (Å²) in [6.45, 7) is 6.74. The number of piperidine rings is 1. The molecule has 3 aliphatic rings. The van der Waals surface area contributed by atoms with Crippen LogP contribution in [0.1, 0.15) is 53.8 Å². The van der Waals surface area contributed by atoms with Gasteiger partial charge in [-0.2, -0.15) is 0 Å². The number of fused-ring (bicyclic) bond motifs is 1. The molecule has 0 aliphatic carbocycles. The van der Waals surface area contributed by atoms with Gasteiger partial charge in [0.1, 0.15) is 4.90 Å². The summed E-state index contributed by atoms with van der Waals surface area (Å²) in [6, 6.07) is 3.94. The number of likely N-dealkylation sites (tertiary alicyclic amines) is 1. The van der Waals surface area contributed by atoms with Crippen LogP contribution >= 0.6 is 12.4 Å². The molecule has 4 rings (SSSR count). The van der Waals surface area contributed by atoms with E-state index in [9.17, 15) is 18.0 Å². The second kappa shape index (κ2) is 7.31. The molecular weight excluding hydrogens is 402 g/mol. The zero-order valence-electron chi connectivity index (χ0n) is 16.1. The van der Waals surface area contributed by atoms with Gasteiger partial charge in [-0.3, -0.25) is 9.59 Å². The van der Waals surface area contributed by atoms with Crippen molar-refractivity contribution in [2.45, 2.75) is 44.0 Å². The Bertz CT molecular complexity index is 900. The normalized spacial score (nSPS) is 22.5. The van der Waals surface area contributed by atoms with Crippen LogP contribution in [-0.4, -0.2) is 61.7 Å². The molecule has 0 unspecified atom stereocenters. The van der Waals surface area contributed by atoms with Gasteiger partial charge in [0.05, 0.1) is 5.56 Å². The molecule has 0 saturated carbocycles. The van der Waals surface area contributed by atoms with Gasteiger partial charge in [0.25, 0.3) is 21.8 Å². The molecule has 1 aromatic rings. The van der Waals surface area contributed by atoms with E-state index in [0.717, 1.165) is 36.7 Å². The summed E-state index contributed by atoms with van der Waals surface area (Å²) in [5, 5.41) is 3.41. The highest BCUT2D eigenvalue weighted by Crippen LogP contribution is 2.38. The molecule has 1 aromatic carbocycles. The first kappa shape index (κ1) is 21.1. The smallest absolute Gasteiger partial charge is 0.269 e. The highest BCUT2D eigenvalue weighted by molar-refractivity contribution is 7.90. The molecule has 0 radical (unpaired) electrons. The number of nitrogens with zero attached hydrogens (tertiary/aromatic N) is 2. The molecule has 0 bridgehead atoms. The highest BCUT2D eigenvalue weighted by atomic mass is 35.5. The summed E-state index contributed by atoms with van der Waals surface area (Å²) >= 11 is 0. The number of halogens is 1. The quantitative estimate of drug-likeness (QED) is 0.778. The minimum absolute atomic E-state index is 0. The fraction of sp³-hybridized carbons (Fsp3) is 0.579. The van der Waals surface area contributed by atoms with Gasteiger partial charge in [0.2, 0.25) is 0 Å². The molecule has 1 spiro atoms. The predicted octanol–water partition coefficient (Wildman–Crippen LogP) is 1.88. The number of hydrogen-bond acceptors (Lipinski definition) is 5. The molecule has 7 nitrogen and oxygen atoms in total. The topological polar surface area (TPSA) is 86.8 Å². The first-order chi connectivity index (χ1) is 12.8. The number of amides is 2. The summed E-state index contributed by atoms with van der Waals surface area (Å²) in [6.07, 6.45) is 3.09. The third-order valence-corrected chi connectivity index (χ3v) is 8.11. The molecule has 2 amide bonds. The van der Waals surface area contributed by atoms with Crippen LogP contribution in [0, 0.1) is 5.41 Å². The average molecular weight is 428 g/mol. The van der Waals surface area contributed by atoms with Gasteiger partial charge in [0.15, 0.2) is 0 Å². The molecule has 3 aliphatic heterocycles. The second-order valence-corrected chi connectivity index (χ2v) is 9.91. The molecular formula is C19H26ClN3O4S. The Hall–Kier alpha value is -1.64. The van der Waals surface area contributed by atoms with E-state index in [-0.39, 0.29) is 28.8 Å². The summed E-state index contributed by atoms with van der Waals surface area (Å²) in [5.74, 6) is -0.683. The van der Waals surface area contributed by atoms with Crippen LogP contribution in [0.2, 0.25) is 0 Å². The largest absolute Gasteiger partial charge is 0.339 e. The molecule has 0 aromatic heterocycles. The molecule has 2 saturated heterocycles. The minimum Gasteiger partial charge on any atom is -0.339 e. The number of carbonyl (C=O) groups excluding carboxylic acids is 2. The van der Waals surface area contributed by atoms with E-state index in [2.05, 4.69) is 5.32 Å². The van der Waals surface area contributed by atoms with Crippen molar-refractivity contribution in [2.24, 2.45) is 5.41 Å². The lowest BCUT2D eigenvalue weighted by Gasteiger charge is -2.38. The van der Waals surface area contributed by atoms with Gasteiger partial charge in [-0.25, -0.2) is 12.7 Å². The zero-order valence-corrected chi connectivity index (χ0v) is 17.7. The van der Waals surface area contributed by atoms with Gasteiger partial charge >= 0.3 is 0 Å². The SMILES string of the molecule is CC(C)N1C(=O)c2ccc(C(=O)N3CCC4(CCNC4)CC3)cc2S1(=O)=O.Cl. The fourth-order valence-corrected chi connectivity index (χ4v) is 6.27. The van der Waals surface area contributed by atoms with Crippen molar-refractivity contribution < 1.29 is 18.0 Å². The van der Waals surface area contributed by atoms with Crippen LogP contribution in [-0.2, 0) is 10.0 Å². The first-order valence-electron chi connectivity index (χ1n) is 9.48. The van der Waals surface area contributed by atoms with E-state index >= 15 is 0 Å².